The fraction of sp³-hybridized carbons (Fsp3) is 0.833. The van der Waals surface area contributed by atoms with Crippen LogP contribution >= 0.6 is 0 Å². The first-order valence-electron chi connectivity index (χ1n) is 6.15. The number of piperidine rings is 1. The molecule has 1 saturated heterocycles. The second-order valence-corrected chi connectivity index (χ2v) is 4.81. The van der Waals surface area contributed by atoms with Crippen molar-refractivity contribution in [2.45, 2.75) is 39.2 Å². The second-order valence-electron chi connectivity index (χ2n) is 4.81. The summed E-state index contributed by atoms with van der Waals surface area (Å²) < 4.78 is 0. The minimum Gasteiger partial charge on any atom is -0.480 e. The number of carboxylic acid groups (broad SMARTS) is 1. The average Bonchev–Trinajstić information content (AvgIpc) is 2.36. The molecule has 17 heavy (non-hydrogen) atoms. The Bertz CT molecular complexity index is 298. The lowest BCUT2D eigenvalue weighted by molar-refractivity contribution is -0.154. The SMILES string of the molecule is CCC1(C(=O)N(C)C(C)C(=O)O)CCNCC1. The van der Waals surface area contributed by atoms with Crippen LogP contribution in [0.2, 0.25) is 0 Å². The fourth-order valence-electron chi connectivity index (χ4n) is 2.34. The van der Waals surface area contributed by atoms with Gasteiger partial charge in [0.2, 0.25) is 5.91 Å². The highest BCUT2D eigenvalue weighted by Gasteiger charge is 2.41. The number of carboxylic acids is 1. The van der Waals surface area contributed by atoms with E-state index in [0.717, 1.165) is 32.4 Å². The van der Waals surface area contributed by atoms with E-state index in [1.807, 2.05) is 6.92 Å². The van der Waals surface area contributed by atoms with Crippen molar-refractivity contribution in [3.05, 3.63) is 0 Å². The van der Waals surface area contributed by atoms with Crippen LogP contribution in [0.5, 0.6) is 0 Å². The molecule has 0 bridgehead atoms. The maximum Gasteiger partial charge on any atom is 0.326 e. The van der Waals surface area contributed by atoms with Crippen LogP contribution in [0.3, 0.4) is 0 Å². The maximum absolute atomic E-state index is 12.4. The van der Waals surface area contributed by atoms with Crippen LogP contribution in [0, 0.1) is 5.41 Å². The Morgan fingerprint density at radius 2 is 1.94 bits per heavy atom. The number of aliphatic carboxylic acids is 1. The van der Waals surface area contributed by atoms with Crippen molar-refractivity contribution < 1.29 is 14.7 Å². The van der Waals surface area contributed by atoms with Gasteiger partial charge in [0.1, 0.15) is 6.04 Å². The molecule has 0 radical (unpaired) electrons. The minimum atomic E-state index is -0.957. The van der Waals surface area contributed by atoms with Crippen molar-refractivity contribution in [2.75, 3.05) is 20.1 Å². The molecule has 0 saturated carbocycles. The van der Waals surface area contributed by atoms with Crippen LogP contribution in [0.25, 0.3) is 0 Å². The first kappa shape index (κ1) is 14.0. The zero-order valence-corrected chi connectivity index (χ0v) is 10.8. The van der Waals surface area contributed by atoms with E-state index in [4.69, 9.17) is 5.11 Å². The lowest BCUT2D eigenvalue weighted by atomic mass is 9.75. The predicted octanol–water partition coefficient (Wildman–Crippen LogP) is 0.698. The molecule has 0 spiro atoms. The zero-order chi connectivity index (χ0) is 13.1. The summed E-state index contributed by atoms with van der Waals surface area (Å²) in [6, 6.07) is -0.763. The van der Waals surface area contributed by atoms with E-state index in [1.54, 1.807) is 14.0 Å². The Morgan fingerprint density at radius 3 is 2.35 bits per heavy atom. The normalized spacial score (nSPS) is 20.6. The molecule has 1 atom stereocenters. The van der Waals surface area contributed by atoms with E-state index >= 15 is 0 Å². The predicted molar refractivity (Wildman–Crippen MR) is 64.7 cm³/mol. The average molecular weight is 242 g/mol. The number of nitrogens with one attached hydrogen (secondary N) is 1. The fourth-order valence-corrected chi connectivity index (χ4v) is 2.34. The molecule has 1 heterocycles. The van der Waals surface area contributed by atoms with Crippen molar-refractivity contribution in [3.8, 4) is 0 Å². The van der Waals surface area contributed by atoms with Gasteiger partial charge in [-0.2, -0.15) is 0 Å². The smallest absolute Gasteiger partial charge is 0.326 e. The largest absolute Gasteiger partial charge is 0.480 e. The Kier molecular flexibility index (Phi) is 4.51. The van der Waals surface area contributed by atoms with Crippen molar-refractivity contribution in [3.63, 3.8) is 0 Å². The summed E-state index contributed by atoms with van der Waals surface area (Å²) in [4.78, 5) is 24.7. The number of hydrogen-bond acceptors (Lipinski definition) is 3. The summed E-state index contributed by atoms with van der Waals surface area (Å²) in [6.07, 6.45) is 2.35. The Morgan fingerprint density at radius 1 is 1.41 bits per heavy atom. The summed E-state index contributed by atoms with van der Waals surface area (Å²) in [6.45, 7) is 5.21. The molecule has 2 N–H and O–H groups in total. The third kappa shape index (κ3) is 2.77. The van der Waals surface area contributed by atoms with Gasteiger partial charge in [0.15, 0.2) is 0 Å². The van der Waals surface area contributed by atoms with Gasteiger partial charge in [0.05, 0.1) is 5.41 Å². The van der Waals surface area contributed by atoms with Gasteiger partial charge in [-0.05, 0) is 39.3 Å². The molecule has 1 amide bonds. The lowest BCUT2D eigenvalue weighted by Gasteiger charge is -2.39. The molecule has 1 rings (SSSR count). The summed E-state index contributed by atoms with van der Waals surface area (Å²) in [5.41, 5.74) is -0.371. The van der Waals surface area contributed by atoms with E-state index in [2.05, 4.69) is 5.32 Å². The van der Waals surface area contributed by atoms with Crippen LogP contribution in [0.15, 0.2) is 0 Å². The number of hydrogen-bond donors (Lipinski definition) is 2. The topological polar surface area (TPSA) is 69.6 Å². The van der Waals surface area contributed by atoms with Crippen LogP contribution in [-0.4, -0.2) is 48.1 Å². The van der Waals surface area contributed by atoms with Crippen molar-refractivity contribution in [1.29, 1.82) is 0 Å². The first-order chi connectivity index (χ1) is 7.94. The minimum absolute atomic E-state index is 0.0311. The molecule has 1 fully saturated rings. The molecule has 0 aromatic carbocycles. The Hall–Kier alpha value is -1.10. The zero-order valence-electron chi connectivity index (χ0n) is 10.8. The van der Waals surface area contributed by atoms with Gasteiger partial charge in [0.25, 0.3) is 0 Å². The van der Waals surface area contributed by atoms with Gasteiger partial charge in [-0.3, -0.25) is 4.79 Å². The van der Waals surface area contributed by atoms with Crippen molar-refractivity contribution in [2.24, 2.45) is 5.41 Å². The van der Waals surface area contributed by atoms with Gasteiger partial charge >= 0.3 is 5.97 Å². The van der Waals surface area contributed by atoms with E-state index in [1.165, 1.54) is 4.90 Å². The number of likely N-dealkylation sites (N-methyl/N-ethyl adjacent to an activating group) is 1. The number of rotatable bonds is 4. The highest BCUT2D eigenvalue weighted by Crippen LogP contribution is 2.34. The Labute approximate surface area is 102 Å². The molecule has 5 nitrogen and oxygen atoms in total. The van der Waals surface area contributed by atoms with Gasteiger partial charge in [-0.1, -0.05) is 6.92 Å². The van der Waals surface area contributed by atoms with Crippen LogP contribution < -0.4 is 5.32 Å². The molecule has 5 heteroatoms. The highest BCUT2D eigenvalue weighted by atomic mass is 16.4. The van der Waals surface area contributed by atoms with E-state index < -0.39 is 12.0 Å². The van der Waals surface area contributed by atoms with E-state index in [-0.39, 0.29) is 11.3 Å². The third-order valence-electron chi connectivity index (χ3n) is 3.95. The number of nitrogens with zero attached hydrogens (tertiary/aromatic N) is 1. The molecule has 98 valence electrons. The number of amides is 1. The molecule has 1 aliphatic heterocycles. The highest BCUT2D eigenvalue weighted by molar-refractivity contribution is 5.87. The molecule has 1 aliphatic rings. The molecule has 0 aromatic heterocycles. The van der Waals surface area contributed by atoms with E-state index in [9.17, 15) is 9.59 Å². The summed E-state index contributed by atoms with van der Waals surface area (Å²) in [5.74, 6) is -0.988. The summed E-state index contributed by atoms with van der Waals surface area (Å²) in [7, 11) is 1.58. The van der Waals surface area contributed by atoms with Crippen molar-refractivity contribution >= 4 is 11.9 Å². The van der Waals surface area contributed by atoms with Crippen LogP contribution in [0.4, 0.5) is 0 Å². The van der Waals surface area contributed by atoms with Gasteiger partial charge in [-0.15, -0.1) is 0 Å². The summed E-state index contributed by atoms with van der Waals surface area (Å²) >= 11 is 0. The standard InChI is InChI=1S/C12H22N2O3/c1-4-12(5-7-13-8-6-12)11(17)14(3)9(2)10(15)16/h9,13H,4-8H2,1-3H3,(H,15,16). The van der Waals surface area contributed by atoms with Gasteiger partial charge in [-0.25, -0.2) is 4.79 Å². The molecule has 0 aromatic rings. The number of carbonyl (C=O) groups is 2. The third-order valence-corrected chi connectivity index (χ3v) is 3.95. The first-order valence-corrected chi connectivity index (χ1v) is 6.15. The lowest BCUT2D eigenvalue weighted by Crippen LogP contribution is -2.51. The molecule has 1 unspecified atom stereocenters. The molecular weight excluding hydrogens is 220 g/mol. The monoisotopic (exact) mass is 242 g/mol. The second kappa shape index (κ2) is 5.49. The van der Waals surface area contributed by atoms with Crippen LogP contribution in [0.1, 0.15) is 33.1 Å². The Balaban J connectivity index is 2.81. The maximum atomic E-state index is 12.4. The van der Waals surface area contributed by atoms with Crippen LogP contribution in [-0.2, 0) is 9.59 Å². The summed E-state index contributed by atoms with van der Waals surface area (Å²) in [5, 5.41) is 12.2. The quantitative estimate of drug-likeness (QED) is 0.761. The molecule has 0 aliphatic carbocycles. The van der Waals surface area contributed by atoms with Crippen molar-refractivity contribution in [1.82, 2.24) is 10.2 Å². The van der Waals surface area contributed by atoms with E-state index in [0.29, 0.717) is 0 Å². The number of carbonyl (C=O) groups excluding carboxylic acids is 1. The molecular formula is C12H22N2O3. The van der Waals surface area contributed by atoms with Gasteiger partial charge < -0.3 is 15.3 Å². The van der Waals surface area contributed by atoms with Gasteiger partial charge in [0, 0.05) is 7.05 Å².